The number of nitrogens with one attached hydrogen (secondary N) is 1. The molecule has 4 rings (SSSR count). The van der Waals surface area contributed by atoms with Crippen LogP contribution in [-0.2, 0) is 6.54 Å². The fraction of sp³-hybridized carbons (Fsp3) is 0.364. The summed E-state index contributed by atoms with van der Waals surface area (Å²) < 4.78 is 5.95. The van der Waals surface area contributed by atoms with Gasteiger partial charge < -0.3 is 14.6 Å². The Hall–Kier alpha value is -3.26. The summed E-state index contributed by atoms with van der Waals surface area (Å²) in [5.74, 6) is 0.565. The van der Waals surface area contributed by atoms with Crippen LogP contribution < -0.4 is 10.3 Å². The van der Waals surface area contributed by atoms with Gasteiger partial charge in [0.1, 0.15) is 17.5 Å². The summed E-state index contributed by atoms with van der Waals surface area (Å²) in [5, 5.41) is 0. The van der Waals surface area contributed by atoms with Gasteiger partial charge in [0, 0.05) is 45.0 Å². The van der Waals surface area contributed by atoms with Crippen LogP contribution in [0.15, 0.2) is 41.5 Å². The van der Waals surface area contributed by atoms with Gasteiger partial charge in [0.25, 0.3) is 11.5 Å². The highest BCUT2D eigenvalue weighted by molar-refractivity contribution is 5.92. The molecule has 8 heteroatoms. The predicted octanol–water partition coefficient (Wildman–Crippen LogP) is 1.98. The number of aromatic nitrogens is 3. The van der Waals surface area contributed by atoms with Gasteiger partial charge in [-0.25, -0.2) is 4.98 Å². The number of carbonyl (C=O) groups is 1. The Morgan fingerprint density at radius 3 is 2.77 bits per heavy atom. The molecule has 30 heavy (non-hydrogen) atoms. The van der Waals surface area contributed by atoms with E-state index in [4.69, 9.17) is 4.74 Å². The highest BCUT2D eigenvalue weighted by Gasteiger charge is 2.28. The van der Waals surface area contributed by atoms with Crippen LogP contribution in [0.25, 0.3) is 11.0 Å². The van der Waals surface area contributed by atoms with Crippen molar-refractivity contribution in [3.05, 3.63) is 63.8 Å². The van der Waals surface area contributed by atoms with Crippen LogP contribution in [0, 0.1) is 6.92 Å². The smallest absolute Gasteiger partial charge is 0.272 e. The van der Waals surface area contributed by atoms with Gasteiger partial charge in [-0.05, 0) is 43.7 Å². The molecule has 0 aliphatic carbocycles. The molecule has 4 heterocycles. The highest BCUT2D eigenvalue weighted by Crippen LogP contribution is 2.20. The first-order valence-corrected chi connectivity index (χ1v) is 10.0. The number of hydrogen-bond donors (Lipinski definition) is 1. The molecular weight excluding hydrogens is 382 g/mol. The van der Waals surface area contributed by atoms with E-state index in [2.05, 4.69) is 19.9 Å². The Balaban J connectivity index is 1.31. The summed E-state index contributed by atoms with van der Waals surface area (Å²) in [6.07, 6.45) is 3.54. The number of nitrogens with zero attached hydrogens (tertiary/aromatic N) is 4. The summed E-state index contributed by atoms with van der Waals surface area (Å²) in [6.45, 7) is 6.67. The molecule has 3 aromatic rings. The number of aromatic amines is 1. The van der Waals surface area contributed by atoms with Crippen molar-refractivity contribution in [2.24, 2.45) is 0 Å². The number of carbonyl (C=O) groups excluding carboxylic acids is 1. The van der Waals surface area contributed by atoms with Gasteiger partial charge in [-0.2, -0.15) is 0 Å². The average Bonchev–Trinajstić information content (AvgIpc) is 2.72. The standard InChI is InChI=1S/C22H25N5O3/c1-4-26(3)22(29)18-6-5-16(10-24-18)30-17-12-27(13-17)11-15-8-20-19(23-9-15)7-14(2)21(28)25-20/h5-10,17H,4,11-13H2,1-3H3,(H,25,28). The van der Waals surface area contributed by atoms with E-state index < -0.39 is 0 Å². The molecule has 1 aliphatic heterocycles. The third-order valence-corrected chi connectivity index (χ3v) is 5.34. The fourth-order valence-electron chi connectivity index (χ4n) is 3.40. The first-order chi connectivity index (χ1) is 14.4. The molecule has 8 nitrogen and oxygen atoms in total. The number of hydrogen-bond acceptors (Lipinski definition) is 6. The third kappa shape index (κ3) is 4.18. The van der Waals surface area contributed by atoms with Crippen LogP contribution in [0.2, 0.25) is 0 Å². The van der Waals surface area contributed by atoms with E-state index in [0.29, 0.717) is 23.6 Å². The minimum atomic E-state index is -0.0978. The van der Waals surface area contributed by atoms with Crippen molar-refractivity contribution in [3.63, 3.8) is 0 Å². The van der Waals surface area contributed by atoms with Gasteiger partial charge in [-0.3, -0.25) is 19.5 Å². The maximum absolute atomic E-state index is 12.1. The number of amides is 1. The second-order valence-corrected chi connectivity index (χ2v) is 7.69. The molecule has 0 saturated carbocycles. The van der Waals surface area contributed by atoms with E-state index >= 15 is 0 Å². The maximum atomic E-state index is 12.1. The molecule has 1 saturated heterocycles. The predicted molar refractivity (Wildman–Crippen MR) is 114 cm³/mol. The molecule has 0 aromatic carbocycles. The first kappa shape index (κ1) is 20.0. The largest absolute Gasteiger partial charge is 0.486 e. The lowest BCUT2D eigenvalue weighted by Crippen LogP contribution is -2.53. The lowest BCUT2D eigenvalue weighted by molar-refractivity contribution is 0.0143. The molecule has 1 fully saturated rings. The van der Waals surface area contributed by atoms with E-state index in [-0.39, 0.29) is 17.6 Å². The average molecular weight is 407 g/mol. The van der Waals surface area contributed by atoms with Crippen LogP contribution in [-0.4, -0.2) is 63.4 Å². The summed E-state index contributed by atoms with van der Waals surface area (Å²) >= 11 is 0. The zero-order valence-electron chi connectivity index (χ0n) is 17.4. The zero-order valence-corrected chi connectivity index (χ0v) is 17.4. The number of fused-ring (bicyclic) bond motifs is 1. The van der Waals surface area contributed by atoms with Crippen LogP contribution in [0.4, 0.5) is 0 Å². The number of rotatable bonds is 6. The van der Waals surface area contributed by atoms with Crippen LogP contribution >= 0.6 is 0 Å². The van der Waals surface area contributed by atoms with Crippen molar-refractivity contribution in [1.82, 2.24) is 24.8 Å². The number of likely N-dealkylation sites (tertiary alicyclic amines) is 1. The van der Waals surface area contributed by atoms with E-state index in [1.807, 2.05) is 19.2 Å². The molecule has 1 N–H and O–H groups in total. The van der Waals surface area contributed by atoms with Crippen molar-refractivity contribution in [2.45, 2.75) is 26.5 Å². The Bertz CT molecular complexity index is 1120. The summed E-state index contributed by atoms with van der Waals surface area (Å²) in [4.78, 5) is 39.3. The van der Waals surface area contributed by atoms with Crippen molar-refractivity contribution in [1.29, 1.82) is 0 Å². The normalized spacial score (nSPS) is 14.5. The summed E-state index contributed by atoms with van der Waals surface area (Å²) in [5.41, 5.74) is 3.59. The molecule has 3 aromatic heterocycles. The monoisotopic (exact) mass is 407 g/mol. The molecule has 0 unspecified atom stereocenters. The first-order valence-electron chi connectivity index (χ1n) is 10.0. The Morgan fingerprint density at radius 2 is 2.07 bits per heavy atom. The SMILES string of the molecule is CCN(C)C(=O)c1ccc(OC2CN(Cc3cnc4cc(C)c(=O)[nH]c4c3)C2)cn1. The van der Waals surface area contributed by atoms with Crippen molar-refractivity contribution < 1.29 is 9.53 Å². The molecule has 0 radical (unpaired) electrons. The Labute approximate surface area is 174 Å². The highest BCUT2D eigenvalue weighted by atomic mass is 16.5. The molecule has 1 aliphatic rings. The van der Waals surface area contributed by atoms with Gasteiger partial charge in [-0.15, -0.1) is 0 Å². The maximum Gasteiger partial charge on any atom is 0.272 e. The Kier molecular flexibility index (Phi) is 5.50. The van der Waals surface area contributed by atoms with E-state index in [1.54, 1.807) is 43.3 Å². The van der Waals surface area contributed by atoms with Crippen LogP contribution in [0.3, 0.4) is 0 Å². The van der Waals surface area contributed by atoms with E-state index in [0.717, 1.165) is 36.2 Å². The summed E-state index contributed by atoms with van der Waals surface area (Å²) in [7, 11) is 1.75. The number of pyridine rings is 3. The topological polar surface area (TPSA) is 91.4 Å². The Morgan fingerprint density at radius 1 is 1.27 bits per heavy atom. The second-order valence-electron chi connectivity index (χ2n) is 7.69. The molecular formula is C22H25N5O3. The number of H-pyrrole nitrogens is 1. The van der Waals surface area contributed by atoms with Crippen molar-refractivity contribution in [2.75, 3.05) is 26.7 Å². The van der Waals surface area contributed by atoms with E-state index in [9.17, 15) is 9.59 Å². The molecule has 0 atom stereocenters. The van der Waals surface area contributed by atoms with Gasteiger partial charge in [0.2, 0.25) is 0 Å². The number of aryl methyl sites for hydroxylation is 1. The number of ether oxygens (including phenoxy) is 1. The molecule has 0 spiro atoms. The van der Waals surface area contributed by atoms with Gasteiger partial charge >= 0.3 is 0 Å². The van der Waals surface area contributed by atoms with Crippen LogP contribution in [0.1, 0.15) is 28.5 Å². The van der Waals surface area contributed by atoms with Gasteiger partial charge in [-0.1, -0.05) is 0 Å². The second kappa shape index (κ2) is 8.23. The molecule has 0 bridgehead atoms. The molecule has 1 amide bonds. The van der Waals surface area contributed by atoms with Crippen LogP contribution in [0.5, 0.6) is 5.75 Å². The minimum absolute atomic E-state index is 0.0819. The summed E-state index contributed by atoms with van der Waals surface area (Å²) in [6, 6.07) is 7.27. The lowest BCUT2D eigenvalue weighted by atomic mass is 10.1. The minimum Gasteiger partial charge on any atom is -0.486 e. The van der Waals surface area contributed by atoms with Crippen molar-refractivity contribution in [3.8, 4) is 5.75 Å². The van der Waals surface area contributed by atoms with Gasteiger partial charge in [0.05, 0.1) is 17.2 Å². The molecule has 156 valence electrons. The lowest BCUT2D eigenvalue weighted by Gasteiger charge is -2.38. The zero-order chi connectivity index (χ0) is 21.3. The third-order valence-electron chi connectivity index (χ3n) is 5.34. The fourth-order valence-corrected chi connectivity index (χ4v) is 3.40. The van der Waals surface area contributed by atoms with Gasteiger partial charge in [0.15, 0.2) is 0 Å². The quantitative estimate of drug-likeness (QED) is 0.672. The van der Waals surface area contributed by atoms with Crippen molar-refractivity contribution >= 4 is 16.9 Å². The van der Waals surface area contributed by atoms with E-state index in [1.165, 1.54) is 0 Å².